The molecule has 0 aliphatic heterocycles. The van der Waals surface area contributed by atoms with Crippen LogP contribution in [0.15, 0.2) is 51.4 Å². The van der Waals surface area contributed by atoms with Gasteiger partial charge in [-0.25, -0.2) is 4.39 Å². The van der Waals surface area contributed by atoms with Crippen LogP contribution in [0.3, 0.4) is 0 Å². The van der Waals surface area contributed by atoms with E-state index in [-0.39, 0.29) is 11.9 Å². The Hall–Kier alpha value is -0.870. The first-order chi connectivity index (χ1) is 8.56. The molecule has 2 aromatic rings. The van der Waals surface area contributed by atoms with Crippen LogP contribution >= 0.6 is 31.9 Å². The molecule has 4 heteroatoms. The third-order valence-electron chi connectivity index (χ3n) is 2.63. The Bertz CT molecular complexity index is 557. The second-order valence-electron chi connectivity index (χ2n) is 4.04. The second-order valence-corrected chi connectivity index (χ2v) is 5.87. The van der Waals surface area contributed by atoms with E-state index >= 15 is 0 Å². The monoisotopic (exact) mass is 371 g/mol. The summed E-state index contributed by atoms with van der Waals surface area (Å²) in [5, 5.41) is 3.28. The third-order valence-corrected chi connectivity index (χ3v) is 3.62. The average Bonchev–Trinajstić information content (AvgIpc) is 2.32. The Kier molecular flexibility index (Phi) is 4.40. The molecule has 1 nitrogen and oxygen atoms in total. The highest BCUT2D eigenvalue weighted by atomic mass is 79.9. The number of rotatable bonds is 3. The zero-order valence-electron chi connectivity index (χ0n) is 9.75. The molecule has 0 fully saturated rings. The third kappa shape index (κ3) is 3.33. The Morgan fingerprint density at radius 2 is 1.78 bits per heavy atom. The summed E-state index contributed by atoms with van der Waals surface area (Å²) >= 11 is 6.77. The number of hydrogen-bond acceptors (Lipinski definition) is 1. The van der Waals surface area contributed by atoms with Crippen LogP contribution in [0.5, 0.6) is 0 Å². The van der Waals surface area contributed by atoms with Crippen LogP contribution < -0.4 is 5.32 Å². The van der Waals surface area contributed by atoms with Crippen LogP contribution in [-0.2, 0) is 0 Å². The highest BCUT2D eigenvalue weighted by Crippen LogP contribution is 2.25. The van der Waals surface area contributed by atoms with Gasteiger partial charge in [0, 0.05) is 20.2 Å². The van der Waals surface area contributed by atoms with E-state index in [1.807, 2.05) is 31.2 Å². The number of hydrogen-bond donors (Lipinski definition) is 1. The fraction of sp³-hybridized carbons (Fsp3) is 0.143. The van der Waals surface area contributed by atoms with Crippen molar-refractivity contribution in [3.8, 4) is 0 Å². The fourth-order valence-corrected chi connectivity index (χ4v) is 2.53. The van der Waals surface area contributed by atoms with Crippen molar-refractivity contribution in [1.82, 2.24) is 0 Å². The molecule has 1 atom stereocenters. The zero-order valence-corrected chi connectivity index (χ0v) is 12.9. The van der Waals surface area contributed by atoms with Gasteiger partial charge in [0.25, 0.3) is 0 Å². The first-order valence-electron chi connectivity index (χ1n) is 5.53. The smallest absolute Gasteiger partial charge is 0.128 e. The van der Waals surface area contributed by atoms with Crippen molar-refractivity contribution in [2.24, 2.45) is 0 Å². The van der Waals surface area contributed by atoms with Crippen LogP contribution in [0.4, 0.5) is 10.1 Å². The predicted molar refractivity (Wildman–Crippen MR) is 80.3 cm³/mol. The van der Waals surface area contributed by atoms with Crippen LogP contribution in [0, 0.1) is 5.82 Å². The number of halogens is 3. The predicted octanol–water partition coefficient (Wildman–Crippen LogP) is 5.52. The average molecular weight is 373 g/mol. The molecule has 1 N–H and O–H groups in total. The van der Waals surface area contributed by atoms with Gasteiger partial charge >= 0.3 is 0 Å². The molecule has 1 unspecified atom stereocenters. The molecule has 2 rings (SSSR count). The quantitative estimate of drug-likeness (QED) is 0.747. The van der Waals surface area contributed by atoms with Crippen molar-refractivity contribution >= 4 is 37.5 Å². The lowest BCUT2D eigenvalue weighted by molar-refractivity contribution is 0.600. The lowest BCUT2D eigenvalue weighted by atomic mass is 10.1. The minimum atomic E-state index is -0.201. The molecule has 0 spiro atoms. The van der Waals surface area contributed by atoms with Gasteiger partial charge in [-0.05, 0) is 43.3 Å². The molecule has 0 saturated carbocycles. The molecule has 0 aliphatic rings. The normalized spacial score (nSPS) is 12.2. The lowest BCUT2D eigenvalue weighted by Gasteiger charge is -2.17. The molecule has 0 radical (unpaired) electrons. The van der Waals surface area contributed by atoms with Crippen molar-refractivity contribution in [2.45, 2.75) is 13.0 Å². The van der Waals surface area contributed by atoms with Gasteiger partial charge in [-0.2, -0.15) is 0 Å². The standard InChI is InChI=1S/C14H12Br2FN/c1-9(13-8-11(16)5-6-14(13)17)18-12-4-2-3-10(15)7-12/h2-9,18H,1H3. The van der Waals surface area contributed by atoms with Gasteiger partial charge in [0.1, 0.15) is 5.82 Å². The molecule has 18 heavy (non-hydrogen) atoms. The van der Waals surface area contributed by atoms with E-state index < -0.39 is 0 Å². The number of nitrogens with one attached hydrogen (secondary N) is 1. The Labute approximate surface area is 123 Å². The maximum Gasteiger partial charge on any atom is 0.128 e. The molecular weight excluding hydrogens is 361 g/mol. The second kappa shape index (κ2) is 5.85. The molecule has 0 saturated heterocycles. The van der Waals surface area contributed by atoms with Crippen molar-refractivity contribution in [3.63, 3.8) is 0 Å². The molecule has 0 bridgehead atoms. The minimum Gasteiger partial charge on any atom is -0.378 e. The SMILES string of the molecule is CC(Nc1cccc(Br)c1)c1cc(Br)ccc1F. The van der Waals surface area contributed by atoms with E-state index in [0.717, 1.165) is 14.6 Å². The Balaban J connectivity index is 2.21. The van der Waals surface area contributed by atoms with Gasteiger partial charge in [-0.15, -0.1) is 0 Å². The molecule has 94 valence electrons. The van der Waals surface area contributed by atoms with Gasteiger partial charge in [0.15, 0.2) is 0 Å². The first-order valence-corrected chi connectivity index (χ1v) is 7.12. The summed E-state index contributed by atoms with van der Waals surface area (Å²) in [7, 11) is 0. The lowest BCUT2D eigenvalue weighted by Crippen LogP contribution is -2.08. The Morgan fingerprint density at radius 3 is 2.50 bits per heavy atom. The zero-order chi connectivity index (χ0) is 13.1. The van der Waals surface area contributed by atoms with E-state index in [1.54, 1.807) is 12.1 Å². The molecule has 0 amide bonds. The summed E-state index contributed by atoms with van der Waals surface area (Å²) in [5.41, 5.74) is 1.60. The summed E-state index contributed by atoms with van der Waals surface area (Å²) in [4.78, 5) is 0. The Morgan fingerprint density at radius 1 is 1.06 bits per heavy atom. The summed E-state index contributed by atoms with van der Waals surface area (Å²) in [6, 6.07) is 12.7. The van der Waals surface area contributed by atoms with E-state index in [2.05, 4.69) is 37.2 Å². The highest BCUT2D eigenvalue weighted by Gasteiger charge is 2.11. The van der Waals surface area contributed by atoms with E-state index in [4.69, 9.17) is 0 Å². The molecule has 2 aromatic carbocycles. The summed E-state index contributed by atoms with van der Waals surface area (Å²) in [5.74, 6) is -0.201. The summed E-state index contributed by atoms with van der Waals surface area (Å²) in [6.45, 7) is 1.94. The maximum absolute atomic E-state index is 13.7. The van der Waals surface area contributed by atoms with Crippen molar-refractivity contribution in [3.05, 3.63) is 62.8 Å². The van der Waals surface area contributed by atoms with Gasteiger partial charge in [-0.1, -0.05) is 37.9 Å². The molecule has 0 aliphatic carbocycles. The van der Waals surface area contributed by atoms with Crippen LogP contribution in [0.25, 0.3) is 0 Å². The summed E-state index contributed by atoms with van der Waals surface area (Å²) in [6.07, 6.45) is 0. The van der Waals surface area contributed by atoms with Crippen LogP contribution in [-0.4, -0.2) is 0 Å². The van der Waals surface area contributed by atoms with Gasteiger partial charge < -0.3 is 5.32 Å². The summed E-state index contributed by atoms with van der Waals surface area (Å²) < 4.78 is 15.6. The minimum absolute atomic E-state index is 0.100. The topological polar surface area (TPSA) is 12.0 Å². The number of anilines is 1. The maximum atomic E-state index is 13.7. The van der Waals surface area contributed by atoms with E-state index in [1.165, 1.54) is 6.07 Å². The van der Waals surface area contributed by atoms with E-state index in [0.29, 0.717) is 5.56 Å². The van der Waals surface area contributed by atoms with Crippen LogP contribution in [0.2, 0.25) is 0 Å². The van der Waals surface area contributed by atoms with Gasteiger partial charge in [-0.3, -0.25) is 0 Å². The van der Waals surface area contributed by atoms with E-state index in [9.17, 15) is 4.39 Å². The molecular formula is C14H12Br2FN. The highest BCUT2D eigenvalue weighted by molar-refractivity contribution is 9.10. The fourth-order valence-electron chi connectivity index (χ4n) is 1.75. The van der Waals surface area contributed by atoms with Gasteiger partial charge in [0.05, 0.1) is 6.04 Å². The number of benzene rings is 2. The molecule has 0 heterocycles. The van der Waals surface area contributed by atoms with Gasteiger partial charge in [0.2, 0.25) is 0 Å². The first kappa shape index (κ1) is 13.6. The van der Waals surface area contributed by atoms with Crippen LogP contribution in [0.1, 0.15) is 18.5 Å². The van der Waals surface area contributed by atoms with Crippen molar-refractivity contribution in [2.75, 3.05) is 5.32 Å². The largest absolute Gasteiger partial charge is 0.378 e. The van der Waals surface area contributed by atoms with Crippen molar-refractivity contribution < 1.29 is 4.39 Å². The molecule has 0 aromatic heterocycles. The van der Waals surface area contributed by atoms with Crippen molar-refractivity contribution in [1.29, 1.82) is 0 Å².